The maximum atomic E-state index is 13.2. The smallest absolute Gasteiger partial charge is 0.237 e. The number of primary amides is 1. The summed E-state index contributed by atoms with van der Waals surface area (Å²) in [6.07, 6.45) is 0.0256. The van der Waals surface area contributed by atoms with Gasteiger partial charge in [0.15, 0.2) is 11.5 Å². The van der Waals surface area contributed by atoms with Gasteiger partial charge in [0.2, 0.25) is 11.8 Å². The SMILES string of the molecule is NC(=O)CCN(C(=O)CSc1ccc2c(c1)OCCO2)c1ccc(F)cc1. The highest BCUT2D eigenvalue weighted by Gasteiger charge is 2.18. The Bertz CT molecular complexity index is 829. The molecule has 0 unspecified atom stereocenters. The zero-order valence-corrected chi connectivity index (χ0v) is 15.3. The summed E-state index contributed by atoms with van der Waals surface area (Å²) in [5, 5.41) is 0. The van der Waals surface area contributed by atoms with Crippen LogP contribution in [0.25, 0.3) is 0 Å². The quantitative estimate of drug-likeness (QED) is 0.735. The van der Waals surface area contributed by atoms with Gasteiger partial charge in [-0.3, -0.25) is 9.59 Å². The number of halogens is 1. The molecule has 0 fully saturated rings. The van der Waals surface area contributed by atoms with Gasteiger partial charge in [0.05, 0.1) is 5.75 Å². The van der Waals surface area contributed by atoms with Crippen LogP contribution in [0.5, 0.6) is 11.5 Å². The van der Waals surface area contributed by atoms with Gasteiger partial charge in [-0.15, -0.1) is 11.8 Å². The lowest BCUT2D eigenvalue weighted by Crippen LogP contribution is -2.35. The van der Waals surface area contributed by atoms with Crippen molar-refractivity contribution in [1.82, 2.24) is 0 Å². The van der Waals surface area contributed by atoms with Gasteiger partial charge in [-0.1, -0.05) is 0 Å². The van der Waals surface area contributed by atoms with Gasteiger partial charge in [0, 0.05) is 23.5 Å². The summed E-state index contributed by atoms with van der Waals surface area (Å²) in [6.45, 7) is 1.15. The molecule has 6 nitrogen and oxygen atoms in total. The molecule has 1 heterocycles. The maximum Gasteiger partial charge on any atom is 0.237 e. The summed E-state index contributed by atoms with van der Waals surface area (Å²) in [4.78, 5) is 26.1. The second-order valence-electron chi connectivity index (χ2n) is 5.83. The molecule has 2 N–H and O–H groups in total. The number of benzene rings is 2. The first-order valence-corrected chi connectivity index (χ1v) is 9.38. The van der Waals surface area contributed by atoms with E-state index in [0.29, 0.717) is 30.4 Å². The first-order chi connectivity index (χ1) is 13.0. The summed E-state index contributed by atoms with van der Waals surface area (Å²) < 4.78 is 24.2. The van der Waals surface area contributed by atoms with E-state index in [2.05, 4.69) is 0 Å². The van der Waals surface area contributed by atoms with Crippen LogP contribution in [0.2, 0.25) is 0 Å². The highest BCUT2D eigenvalue weighted by Crippen LogP contribution is 2.34. The minimum atomic E-state index is -0.505. The van der Waals surface area contributed by atoms with Crippen LogP contribution in [0.15, 0.2) is 47.4 Å². The van der Waals surface area contributed by atoms with Crippen LogP contribution in [0.4, 0.5) is 10.1 Å². The van der Waals surface area contributed by atoms with Crippen LogP contribution in [0.1, 0.15) is 6.42 Å². The highest BCUT2D eigenvalue weighted by molar-refractivity contribution is 8.00. The lowest BCUT2D eigenvalue weighted by molar-refractivity contribution is -0.118. The number of ether oxygens (including phenoxy) is 2. The maximum absolute atomic E-state index is 13.2. The fourth-order valence-corrected chi connectivity index (χ4v) is 3.38. The van der Waals surface area contributed by atoms with Crippen molar-refractivity contribution in [2.24, 2.45) is 5.73 Å². The molecule has 0 bridgehead atoms. The van der Waals surface area contributed by atoms with Crippen molar-refractivity contribution in [3.63, 3.8) is 0 Å². The number of nitrogens with two attached hydrogens (primary N) is 1. The Kier molecular flexibility index (Phi) is 6.18. The third-order valence-electron chi connectivity index (χ3n) is 3.90. The Balaban J connectivity index is 1.68. The van der Waals surface area contributed by atoms with Crippen molar-refractivity contribution in [3.8, 4) is 11.5 Å². The van der Waals surface area contributed by atoms with Gasteiger partial charge >= 0.3 is 0 Å². The van der Waals surface area contributed by atoms with Crippen LogP contribution < -0.4 is 20.1 Å². The molecule has 0 aromatic heterocycles. The van der Waals surface area contributed by atoms with Gasteiger partial charge in [-0.25, -0.2) is 4.39 Å². The topological polar surface area (TPSA) is 81.9 Å². The van der Waals surface area contributed by atoms with Crippen LogP contribution in [0.3, 0.4) is 0 Å². The number of hydrogen-bond acceptors (Lipinski definition) is 5. The summed E-state index contributed by atoms with van der Waals surface area (Å²) in [5.41, 5.74) is 5.72. The predicted octanol–water partition coefficient (Wildman–Crippen LogP) is 2.60. The molecule has 2 aromatic carbocycles. The van der Waals surface area contributed by atoms with E-state index in [1.54, 1.807) is 0 Å². The van der Waals surface area contributed by atoms with E-state index in [1.807, 2.05) is 18.2 Å². The molecule has 3 rings (SSSR count). The third kappa shape index (κ3) is 5.13. The normalized spacial score (nSPS) is 12.5. The number of carbonyl (C=O) groups is 2. The zero-order valence-electron chi connectivity index (χ0n) is 14.5. The average Bonchev–Trinajstić information content (AvgIpc) is 2.67. The van der Waals surface area contributed by atoms with Crippen molar-refractivity contribution in [1.29, 1.82) is 0 Å². The van der Waals surface area contributed by atoms with Crippen LogP contribution in [-0.2, 0) is 9.59 Å². The number of nitrogens with zero attached hydrogens (tertiary/aromatic N) is 1. The molecule has 0 saturated carbocycles. The molecule has 0 radical (unpaired) electrons. The highest BCUT2D eigenvalue weighted by atomic mass is 32.2. The Morgan fingerprint density at radius 2 is 1.78 bits per heavy atom. The molecule has 1 aliphatic rings. The van der Waals surface area contributed by atoms with Crippen LogP contribution in [-0.4, -0.2) is 37.3 Å². The lowest BCUT2D eigenvalue weighted by Gasteiger charge is -2.22. The van der Waals surface area contributed by atoms with Gasteiger partial charge in [0.25, 0.3) is 0 Å². The largest absolute Gasteiger partial charge is 0.486 e. The summed E-state index contributed by atoms with van der Waals surface area (Å²) in [7, 11) is 0. The Morgan fingerprint density at radius 1 is 1.07 bits per heavy atom. The monoisotopic (exact) mass is 390 g/mol. The zero-order chi connectivity index (χ0) is 19.2. The fourth-order valence-electron chi connectivity index (χ4n) is 2.58. The average molecular weight is 390 g/mol. The molecule has 1 aliphatic heterocycles. The summed E-state index contributed by atoms with van der Waals surface area (Å²) >= 11 is 1.34. The van der Waals surface area contributed by atoms with Gasteiger partial charge in [-0.2, -0.15) is 0 Å². The molecule has 2 aromatic rings. The number of anilines is 1. The predicted molar refractivity (Wildman–Crippen MR) is 101 cm³/mol. The number of rotatable bonds is 7. The Labute approximate surface area is 160 Å². The standard InChI is InChI=1S/C19H19FN2O4S/c20-13-1-3-14(4-2-13)22(8-7-18(21)23)19(24)12-27-15-5-6-16-17(11-15)26-10-9-25-16/h1-6,11H,7-10,12H2,(H2,21,23). The minimum Gasteiger partial charge on any atom is -0.486 e. The Hall–Kier alpha value is -2.74. The number of carbonyl (C=O) groups excluding carboxylic acids is 2. The molecule has 0 saturated heterocycles. The molecule has 27 heavy (non-hydrogen) atoms. The van der Waals surface area contributed by atoms with Gasteiger partial charge < -0.3 is 20.1 Å². The van der Waals surface area contributed by atoms with E-state index in [4.69, 9.17) is 15.2 Å². The molecule has 0 aliphatic carbocycles. The van der Waals surface area contributed by atoms with E-state index in [1.165, 1.54) is 40.9 Å². The van der Waals surface area contributed by atoms with E-state index in [0.717, 1.165) is 4.90 Å². The van der Waals surface area contributed by atoms with Gasteiger partial charge in [-0.05, 0) is 42.5 Å². The summed E-state index contributed by atoms with van der Waals surface area (Å²) in [6, 6.07) is 11.1. The van der Waals surface area contributed by atoms with Crippen molar-refractivity contribution in [2.75, 3.05) is 30.4 Å². The number of thioether (sulfide) groups is 1. The van der Waals surface area contributed by atoms with Crippen LogP contribution in [0, 0.1) is 5.82 Å². The molecular formula is C19H19FN2O4S. The second kappa shape index (κ2) is 8.77. The van der Waals surface area contributed by atoms with E-state index in [-0.39, 0.29) is 24.6 Å². The summed E-state index contributed by atoms with van der Waals surface area (Å²) in [5.74, 6) is 0.383. The molecule has 0 atom stereocenters. The lowest BCUT2D eigenvalue weighted by atomic mass is 10.2. The number of fused-ring (bicyclic) bond motifs is 1. The van der Waals surface area contributed by atoms with E-state index in [9.17, 15) is 14.0 Å². The molecule has 0 spiro atoms. The number of amides is 2. The van der Waals surface area contributed by atoms with E-state index < -0.39 is 11.7 Å². The molecule has 2 amide bonds. The first kappa shape index (κ1) is 19.0. The van der Waals surface area contributed by atoms with Crippen molar-refractivity contribution >= 4 is 29.3 Å². The Morgan fingerprint density at radius 3 is 2.48 bits per heavy atom. The molecule has 8 heteroatoms. The van der Waals surface area contributed by atoms with E-state index >= 15 is 0 Å². The van der Waals surface area contributed by atoms with Crippen molar-refractivity contribution in [2.45, 2.75) is 11.3 Å². The minimum absolute atomic E-state index is 0.0256. The molecular weight excluding hydrogens is 371 g/mol. The van der Waals surface area contributed by atoms with Crippen molar-refractivity contribution < 1.29 is 23.5 Å². The number of hydrogen-bond donors (Lipinski definition) is 1. The molecule has 142 valence electrons. The third-order valence-corrected chi connectivity index (χ3v) is 4.88. The first-order valence-electron chi connectivity index (χ1n) is 8.39. The fraction of sp³-hybridized carbons (Fsp3) is 0.263. The van der Waals surface area contributed by atoms with Gasteiger partial charge in [0.1, 0.15) is 19.0 Å². The van der Waals surface area contributed by atoms with Crippen molar-refractivity contribution in [3.05, 3.63) is 48.3 Å². The van der Waals surface area contributed by atoms with Crippen LogP contribution >= 0.6 is 11.8 Å². The second-order valence-corrected chi connectivity index (χ2v) is 6.88.